The van der Waals surface area contributed by atoms with Crippen LogP contribution in [0.5, 0.6) is 0 Å². The number of carbonyl (C=O) groups is 1. The van der Waals surface area contributed by atoms with Gasteiger partial charge in [0.15, 0.2) is 0 Å². The van der Waals surface area contributed by atoms with Crippen molar-refractivity contribution in [1.29, 1.82) is 0 Å². The highest BCUT2D eigenvalue weighted by Crippen LogP contribution is 2.29. The zero-order valence-electron chi connectivity index (χ0n) is 9.99. The number of halogens is 1. The van der Waals surface area contributed by atoms with Crippen molar-refractivity contribution in [2.24, 2.45) is 11.8 Å². The van der Waals surface area contributed by atoms with Gasteiger partial charge in [0.05, 0.1) is 0 Å². The number of carbonyl (C=O) groups excluding carboxylic acids is 1. The Morgan fingerprint density at radius 2 is 1.94 bits per heavy atom. The Balaban J connectivity index is 1.73. The molecule has 2 fully saturated rings. The molecule has 2 aliphatic rings. The van der Waals surface area contributed by atoms with E-state index in [-0.39, 0.29) is 11.8 Å². The molecule has 2 rings (SSSR count). The van der Waals surface area contributed by atoms with Gasteiger partial charge in [-0.25, -0.2) is 0 Å². The number of hydrogen-bond donors (Lipinski definition) is 0. The smallest absolute Gasteiger partial charge is 0.226 e. The van der Waals surface area contributed by atoms with Crippen LogP contribution < -0.4 is 0 Å². The molecule has 1 unspecified atom stereocenters. The van der Waals surface area contributed by atoms with Crippen LogP contribution in [-0.4, -0.2) is 54.3 Å². The van der Waals surface area contributed by atoms with Crippen LogP contribution in [-0.2, 0) is 4.79 Å². The van der Waals surface area contributed by atoms with Crippen LogP contribution in [0.3, 0.4) is 0 Å². The molecule has 0 aromatic rings. The van der Waals surface area contributed by atoms with Crippen molar-refractivity contribution in [2.45, 2.75) is 19.8 Å². The third-order valence-electron chi connectivity index (χ3n) is 3.55. The monoisotopic (exact) mass is 244 g/mol. The van der Waals surface area contributed by atoms with Gasteiger partial charge in [-0.15, -0.1) is 11.6 Å². The number of piperazine rings is 1. The van der Waals surface area contributed by atoms with Gasteiger partial charge in [-0.3, -0.25) is 9.69 Å². The highest BCUT2D eigenvalue weighted by Gasteiger charge is 2.28. The lowest BCUT2D eigenvalue weighted by molar-refractivity contribution is -0.136. The number of alkyl halides is 1. The summed E-state index contributed by atoms with van der Waals surface area (Å²) in [7, 11) is 0. The Labute approximate surface area is 103 Å². The number of rotatable bonds is 4. The summed E-state index contributed by atoms with van der Waals surface area (Å²) in [6.45, 7) is 6.99. The standard InChI is InChI=1S/C12H21ClN2O/c1-10(8-13)12(16)15-6-4-14(5-7-15)9-11-2-3-11/h10-11H,2-9H2,1H3. The Kier molecular flexibility index (Phi) is 4.09. The first-order chi connectivity index (χ1) is 7.70. The average Bonchev–Trinajstić information content (AvgIpc) is 3.12. The van der Waals surface area contributed by atoms with Gasteiger partial charge in [0.2, 0.25) is 5.91 Å². The molecule has 1 atom stereocenters. The molecule has 1 saturated heterocycles. The summed E-state index contributed by atoms with van der Waals surface area (Å²) in [5, 5.41) is 0. The second kappa shape index (κ2) is 5.37. The van der Waals surface area contributed by atoms with Crippen molar-refractivity contribution in [3.8, 4) is 0 Å². The van der Waals surface area contributed by atoms with Crippen molar-refractivity contribution in [1.82, 2.24) is 9.80 Å². The molecule has 4 heteroatoms. The van der Waals surface area contributed by atoms with E-state index in [0.29, 0.717) is 5.88 Å². The fourth-order valence-electron chi connectivity index (χ4n) is 2.19. The minimum Gasteiger partial charge on any atom is -0.340 e. The van der Waals surface area contributed by atoms with Crippen LogP contribution >= 0.6 is 11.6 Å². The SMILES string of the molecule is CC(CCl)C(=O)N1CCN(CC2CC2)CC1. The first-order valence-corrected chi connectivity index (χ1v) is 6.81. The summed E-state index contributed by atoms with van der Waals surface area (Å²) < 4.78 is 0. The van der Waals surface area contributed by atoms with E-state index < -0.39 is 0 Å². The Hall–Kier alpha value is -0.280. The summed E-state index contributed by atoms with van der Waals surface area (Å²) in [5.41, 5.74) is 0. The minimum atomic E-state index is -0.0309. The predicted molar refractivity (Wildman–Crippen MR) is 65.6 cm³/mol. The first kappa shape index (κ1) is 12.2. The molecule has 3 nitrogen and oxygen atoms in total. The molecule has 1 saturated carbocycles. The van der Waals surface area contributed by atoms with E-state index in [0.717, 1.165) is 32.1 Å². The van der Waals surface area contributed by atoms with Gasteiger partial charge in [0.1, 0.15) is 0 Å². The molecule has 0 radical (unpaired) electrons. The van der Waals surface area contributed by atoms with E-state index in [4.69, 9.17) is 11.6 Å². The molecule has 0 aromatic heterocycles. The summed E-state index contributed by atoms with van der Waals surface area (Å²) in [5.74, 6) is 1.57. The first-order valence-electron chi connectivity index (χ1n) is 6.28. The van der Waals surface area contributed by atoms with Crippen LogP contribution in [0.4, 0.5) is 0 Å². The maximum atomic E-state index is 11.9. The molecule has 1 amide bonds. The lowest BCUT2D eigenvalue weighted by atomic mass is 10.1. The number of nitrogens with zero attached hydrogens (tertiary/aromatic N) is 2. The van der Waals surface area contributed by atoms with Crippen LogP contribution in [0.2, 0.25) is 0 Å². The van der Waals surface area contributed by atoms with Gasteiger partial charge < -0.3 is 4.90 Å². The highest BCUT2D eigenvalue weighted by atomic mass is 35.5. The molecular formula is C12H21ClN2O. The van der Waals surface area contributed by atoms with E-state index in [2.05, 4.69) is 4.90 Å². The zero-order valence-corrected chi connectivity index (χ0v) is 10.7. The molecule has 0 bridgehead atoms. The molecule has 0 N–H and O–H groups in total. The summed E-state index contributed by atoms with van der Waals surface area (Å²) in [6.07, 6.45) is 2.81. The third kappa shape index (κ3) is 3.11. The normalized spacial score (nSPS) is 24.5. The second-order valence-corrected chi connectivity index (χ2v) is 5.43. The summed E-state index contributed by atoms with van der Waals surface area (Å²) in [4.78, 5) is 16.4. The fourth-order valence-corrected chi connectivity index (χ4v) is 2.33. The van der Waals surface area contributed by atoms with E-state index in [1.54, 1.807) is 0 Å². The molecule has 1 aliphatic heterocycles. The number of hydrogen-bond acceptors (Lipinski definition) is 2. The Morgan fingerprint density at radius 3 is 2.44 bits per heavy atom. The number of amides is 1. The van der Waals surface area contributed by atoms with Crippen molar-refractivity contribution >= 4 is 17.5 Å². The van der Waals surface area contributed by atoms with Gasteiger partial charge in [0, 0.05) is 44.5 Å². The Morgan fingerprint density at radius 1 is 1.31 bits per heavy atom. The fraction of sp³-hybridized carbons (Fsp3) is 0.917. The van der Waals surface area contributed by atoms with Gasteiger partial charge in [0.25, 0.3) is 0 Å². The van der Waals surface area contributed by atoms with Crippen molar-refractivity contribution < 1.29 is 4.79 Å². The topological polar surface area (TPSA) is 23.6 Å². The molecule has 1 heterocycles. The van der Waals surface area contributed by atoms with Crippen molar-refractivity contribution in [3.05, 3.63) is 0 Å². The van der Waals surface area contributed by atoms with Crippen LogP contribution in [0, 0.1) is 11.8 Å². The Bertz CT molecular complexity index is 247. The van der Waals surface area contributed by atoms with Crippen LogP contribution in [0.15, 0.2) is 0 Å². The largest absolute Gasteiger partial charge is 0.340 e. The maximum absolute atomic E-state index is 11.9. The average molecular weight is 245 g/mol. The summed E-state index contributed by atoms with van der Waals surface area (Å²) >= 11 is 5.71. The minimum absolute atomic E-state index is 0.0309. The molecule has 92 valence electrons. The zero-order chi connectivity index (χ0) is 11.5. The lowest BCUT2D eigenvalue weighted by Crippen LogP contribution is -2.50. The lowest BCUT2D eigenvalue weighted by Gasteiger charge is -2.35. The van der Waals surface area contributed by atoms with Gasteiger partial charge in [-0.1, -0.05) is 6.92 Å². The highest BCUT2D eigenvalue weighted by molar-refractivity contribution is 6.19. The van der Waals surface area contributed by atoms with Gasteiger partial charge >= 0.3 is 0 Å². The van der Waals surface area contributed by atoms with E-state index >= 15 is 0 Å². The third-order valence-corrected chi connectivity index (χ3v) is 4.01. The molecule has 1 aliphatic carbocycles. The van der Waals surface area contributed by atoms with E-state index in [1.165, 1.54) is 19.4 Å². The molecule has 0 spiro atoms. The predicted octanol–water partition coefficient (Wildman–Crippen LogP) is 1.42. The second-order valence-electron chi connectivity index (χ2n) is 5.12. The van der Waals surface area contributed by atoms with E-state index in [1.807, 2.05) is 11.8 Å². The van der Waals surface area contributed by atoms with Crippen LogP contribution in [0.1, 0.15) is 19.8 Å². The summed E-state index contributed by atoms with van der Waals surface area (Å²) in [6, 6.07) is 0. The van der Waals surface area contributed by atoms with E-state index in [9.17, 15) is 4.79 Å². The molecule has 0 aromatic carbocycles. The van der Waals surface area contributed by atoms with Gasteiger partial charge in [-0.05, 0) is 18.8 Å². The molecule has 16 heavy (non-hydrogen) atoms. The van der Waals surface area contributed by atoms with Crippen molar-refractivity contribution in [3.63, 3.8) is 0 Å². The van der Waals surface area contributed by atoms with Gasteiger partial charge in [-0.2, -0.15) is 0 Å². The van der Waals surface area contributed by atoms with Crippen LogP contribution in [0.25, 0.3) is 0 Å². The molecular weight excluding hydrogens is 224 g/mol. The van der Waals surface area contributed by atoms with Crippen molar-refractivity contribution in [2.75, 3.05) is 38.6 Å². The maximum Gasteiger partial charge on any atom is 0.226 e. The quantitative estimate of drug-likeness (QED) is 0.699.